The zero-order valence-electron chi connectivity index (χ0n) is 12.8. The van der Waals surface area contributed by atoms with E-state index in [-0.39, 0.29) is 5.41 Å². The molecule has 1 aromatic heterocycles. The molecule has 1 unspecified atom stereocenters. The van der Waals surface area contributed by atoms with Gasteiger partial charge in [0.15, 0.2) is 0 Å². The van der Waals surface area contributed by atoms with Crippen LogP contribution in [-0.2, 0) is 6.54 Å². The van der Waals surface area contributed by atoms with Gasteiger partial charge in [0.25, 0.3) is 0 Å². The van der Waals surface area contributed by atoms with Gasteiger partial charge in [-0.05, 0) is 35.5 Å². The summed E-state index contributed by atoms with van der Waals surface area (Å²) in [6.45, 7) is 4.59. The minimum absolute atomic E-state index is 0.230. The summed E-state index contributed by atoms with van der Waals surface area (Å²) in [6.07, 6.45) is 6.92. The smallest absolute Gasteiger partial charge is 0.137 e. The first-order valence-electron chi connectivity index (χ1n) is 7.43. The molecule has 0 bridgehead atoms. The lowest BCUT2D eigenvalue weighted by molar-refractivity contribution is -0.0298. The minimum atomic E-state index is -0.958. The van der Waals surface area contributed by atoms with E-state index in [9.17, 15) is 5.11 Å². The third kappa shape index (κ3) is 2.57. The van der Waals surface area contributed by atoms with Crippen molar-refractivity contribution in [3.63, 3.8) is 0 Å². The molecular weight excluding hydrogens is 298 g/mol. The van der Waals surface area contributed by atoms with E-state index in [1.807, 2.05) is 30.3 Å². The van der Waals surface area contributed by atoms with Crippen molar-refractivity contribution in [3.05, 3.63) is 53.1 Å². The molecule has 0 spiro atoms. The highest BCUT2D eigenvalue weighted by atomic mass is 35.5. The van der Waals surface area contributed by atoms with Gasteiger partial charge >= 0.3 is 0 Å². The summed E-state index contributed by atoms with van der Waals surface area (Å²) >= 11 is 6.26. The maximum absolute atomic E-state index is 11.4. The van der Waals surface area contributed by atoms with Crippen molar-refractivity contribution in [2.45, 2.75) is 38.8 Å². The summed E-state index contributed by atoms with van der Waals surface area (Å²) in [4.78, 5) is 3.97. The average molecular weight is 318 g/mol. The number of hydrogen-bond acceptors (Lipinski definition) is 3. The number of aromatic nitrogens is 3. The lowest BCUT2D eigenvalue weighted by atomic mass is 9.76. The molecule has 1 atom stereocenters. The monoisotopic (exact) mass is 317 g/mol. The van der Waals surface area contributed by atoms with Crippen LogP contribution in [0, 0.1) is 5.41 Å². The predicted octanol–water partition coefficient (Wildman–Crippen LogP) is 3.57. The van der Waals surface area contributed by atoms with Gasteiger partial charge < -0.3 is 5.11 Å². The molecule has 1 aromatic carbocycles. The summed E-state index contributed by atoms with van der Waals surface area (Å²) in [7, 11) is 0. The third-order valence-electron chi connectivity index (χ3n) is 4.76. The molecular formula is C17H20ClN3O. The van der Waals surface area contributed by atoms with Crippen molar-refractivity contribution >= 4 is 17.7 Å². The van der Waals surface area contributed by atoms with Crippen LogP contribution in [0.5, 0.6) is 0 Å². The van der Waals surface area contributed by atoms with E-state index in [4.69, 9.17) is 11.6 Å². The molecule has 1 aliphatic rings. The topological polar surface area (TPSA) is 50.9 Å². The molecule has 2 aromatic rings. The Morgan fingerprint density at radius 2 is 2.14 bits per heavy atom. The second kappa shape index (κ2) is 5.52. The minimum Gasteiger partial charge on any atom is -0.383 e. The second-order valence-electron chi connectivity index (χ2n) is 6.53. The summed E-state index contributed by atoms with van der Waals surface area (Å²) in [5.41, 5.74) is 0.751. The van der Waals surface area contributed by atoms with Crippen LogP contribution in [0.2, 0.25) is 5.02 Å². The Morgan fingerprint density at radius 3 is 2.82 bits per heavy atom. The maximum atomic E-state index is 11.4. The van der Waals surface area contributed by atoms with Gasteiger partial charge in [-0.25, -0.2) is 9.67 Å². The SMILES string of the molecule is CC1(C)CC/C(=C/c2ccccc2Cl)C1(O)Cn1cncn1. The molecule has 116 valence electrons. The Morgan fingerprint density at radius 1 is 1.36 bits per heavy atom. The fourth-order valence-electron chi connectivity index (χ4n) is 3.13. The lowest BCUT2D eigenvalue weighted by Crippen LogP contribution is -2.45. The van der Waals surface area contributed by atoms with Crippen LogP contribution >= 0.6 is 11.6 Å². The molecule has 0 amide bonds. The van der Waals surface area contributed by atoms with Crippen molar-refractivity contribution in [2.24, 2.45) is 5.41 Å². The van der Waals surface area contributed by atoms with E-state index in [0.717, 1.165) is 24.0 Å². The first-order chi connectivity index (χ1) is 10.4. The number of aliphatic hydroxyl groups is 1. The van der Waals surface area contributed by atoms with Gasteiger partial charge in [-0.3, -0.25) is 0 Å². The van der Waals surface area contributed by atoms with Crippen molar-refractivity contribution in [1.29, 1.82) is 0 Å². The zero-order chi connectivity index (χ0) is 15.8. The van der Waals surface area contributed by atoms with Crippen LogP contribution in [0.4, 0.5) is 0 Å². The molecule has 3 rings (SSSR count). The number of rotatable bonds is 3. The maximum Gasteiger partial charge on any atom is 0.137 e. The van der Waals surface area contributed by atoms with Gasteiger partial charge in [0.2, 0.25) is 0 Å². The molecule has 1 aliphatic carbocycles. The Kier molecular flexibility index (Phi) is 3.83. The standard InChI is InChI=1S/C17H20ClN3O/c1-16(2)8-7-14(9-13-5-3-4-6-15(13)18)17(16,22)10-21-12-19-11-20-21/h3-6,9,11-12,22H,7-8,10H2,1-2H3/b14-9-. The molecule has 1 saturated carbocycles. The second-order valence-corrected chi connectivity index (χ2v) is 6.94. The van der Waals surface area contributed by atoms with Crippen LogP contribution in [-0.4, -0.2) is 25.5 Å². The van der Waals surface area contributed by atoms with Crippen LogP contribution in [0.15, 0.2) is 42.5 Å². The molecule has 1 fully saturated rings. The average Bonchev–Trinajstić information content (AvgIpc) is 3.04. The molecule has 1 heterocycles. The molecule has 1 N–H and O–H groups in total. The Balaban J connectivity index is 2.01. The Labute approximate surface area is 135 Å². The molecule has 4 nitrogen and oxygen atoms in total. The molecule has 0 aliphatic heterocycles. The summed E-state index contributed by atoms with van der Waals surface area (Å²) in [6, 6.07) is 7.69. The quantitative estimate of drug-likeness (QED) is 0.941. The van der Waals surface area contributed by atoms with E-state index in [2.05, 4.69) is 23.9 Å². The first-order valence-corrected chi connectivity index (χ1v) is 7.80. The van der Waals surface area contributed by atoms with E-state index in [1.165, 1.54) is 6.33 Å². The van der Waals surface area contributed by atoms with Crippen molar-refractivity contribution in [3.8, 4) is 0 Å². The van der Waals surface area contributed by atoms with Gasteiger partial charge in [-0.2, -0.15) is 5.10 Å². The molecule has 22 heavy (non-hydrogen) atoms. The van der Waals surface area contributed by atoms with E-state index >= 15 is 0 Å². The summed E-state index contributed by atoms with van der Waals surface area (Å²) < 4.78 is 1.69. The van der Waals surface area contributed by atoms with Crippen LogP contribution in [0.1, 0.15) is 32.3 Å². The van der Waals surface area contributed by atoms with Crippen LogP contribution in [0.25, 0.3) is 6.08 Å². The fraction of sp³-hybridized carbons (Fsp3) is 0.412. The summed E-state index contributed by atoms with van der Waals surface area (Å²) in [5, 5.41) is 16.2. The first kappa shape index (κ1) is 15.3. The predicted molar refractivity (Wildman–Crippen MR) is 87.4 cm³/mol. The Bertz CT molecular complexity index is 694. The number of benzene rings is 1. The fourth-order valence-corrected chi connectivity index (χ4v) is 3.32. The highest BCUT2D eigenvalue weighted by molar-refractivity contribution is 6.32. The number of nitrogens with zero attached hydrogens (tertiary/aromatic N) is 3. The number of hydrogen-bond donors (Lipinski definition) is 1. The van der Waals surface area contributed by atoms with E-state index in [0.29, 0.717) is 11.6 Å². The largest absolute Gasteiger partial charge is 0.383 e. The van der Waals surface area contributed by atoms with Crippen LogP contribution < -0.4 is 0 Å². The van der Waals surface area contributed by atoms with Gasteiger partial charge in [0.1, 0.15) is 18.3 Å². The lowest BCUT2D eigenvalue weighted by Gasteiger charge is -2.37. The van der Waals surface area contributed by atoms with Crippen molar-refractivity contribution in [2.75, 3.05) is 0 Å². The van der Waals surface area contributed by atoms with Crippen LogP contribution in [0.3, 0.4) is 0 Å². The zero-order valence-corrected chi connectivity index (χ0v) is 13.6. The van der Waals surface area contributed by atoms with Gasteiger partial charge in [0.05, 0.1) is 6.54 Å². The number of halogens is 1. The van der Waals surface area contributed by atoms with Gasteiger partial charge in [-0.15, -0.1) is 0 Å². The van der Waals surface area contributed by atoms with E-state index < -0.39 is 5.60 Å². The van der Waals surface area contributed by atoms with Gasteiger partial charge in [-0.1, -0.05) is 49.7 Å². The highest BCUT2D eigenvalue weighted by Gasteiger charge is 2.51. The Hall–Kier alpha value is -1.65. The van der Waals surface area contributed by atoms with Gasteiger partial charge in [0, 0.05) is 5.02 Å². The third-order valence-corrected chi connectivity index (χ3v) is 5.11. The molecule has 0 saturated heterocycles. The molecule has 0 radical (unpaired) electrons. The summed E-state index contributed by atoms with van der Waals surface area (Å²) in [5.74, 6) is 0. The van der Waals surface area contributed by atoms with E-state index in [1.54, 1.807) is 11.0 Å². The molecule has 5 heteroatoms. The normalized spacial score (nSPS) is 25.7. The highest BCUT2D eigenvalue weighted by Crippen LogP contribution is 2.50. The van der Waals surface area contributed by atoms with Crippen molar-refractivity contribution in [1.82, 2.24) is 14.8 Å². The van der Waals surface area contributed by atoms with Crippen molar-refractivity contribution < 1.29 is 5.11 Å².